The molecule has 1 N–H and O–H groups in total. The van der Waals surface area contributed by atoms with E-state index in [0.29, 0.717) is 30.7 Å². The van der Waals surface area contributed by atoms with E-state index in [4.69, 9.17) is 0 Å². The summed E-state index contributed by atoms with van der Waals surface area (Å²) < 4.78 is 15.4. The topological polar surface area (TPSA) is 76.9 Å². The van der Waals surface area contributed by atoms with Gasteiger partial charge in [-0.1, -0.05) is 23.1 Å². The van der Waals surface area contributed by atoms with Crippen LogP contribution < -0.4 is 10.9 Å². The summed E-state index contributed by atoms with van der Waals surface area (Å²) in [4.78, 5) is 35.5. The molecular formula is C18H15FN4O2S3. The van der Waals surface area contributed by atoms with E-state index in [0.717, 1.165) is 10.4 Å². The van der Waals surface area contributed by atoms with Gasteiger partial charge >= 0.3 is 0 Å². The lowest BCUT2D eigenvalue weighted by molar-refractivity contribution is -0.113. The minimum Gasteiger partial charge on any atom is -0.301 e. The first-order valence-electron chi connectivity index (χ1n) is 8.29. The van der Waals surface area contributed by atoms with E-state index in [1.54, 1.807) is 13.1 Å². The maximum Gasteiger partial charge on any atom is 0.262 e. The second kappa shape index (κ2) is 7.26. The molecule has 0 saturated carbocycles. The van der Waals surface area contributed by atoms with Gasteiger partial charge in [0.25, 0.3) is 5.56 Å². The van der Waals surface area contributed by atoms with Crippen LogP contribution in [-0.2, 0) is 11.8 Å². The summed E-state index contributed by atoms with van der Waals surface area (Å²) in [6.07, 6.45) is 0. The maximum absolute atomic E-state index is 13.3. The minimum absolute atomic E-state index is 0.0828. The van der Waals surface area contributed by atoms with Crippen LogP contribution >= 0.6 is 34.4 Å². The van der Waals surface area contributed by atoms with Gasteiger partial charge in [-0.3, -0.25) is 14.2 Å². The van der Waals surface area contributed by atoms with E-state index in [1.807, 2.05) is 13.8 Å². The second-order valence-corrected chi connectivity index (χ2v) is 9.37. The van der Waals surface area contributed by atoms with Gasteiger partial charge in [0, 0.05) is 11.9 Å². The van der Waals surface area contributed by atoms with Crippen molar-refractivity contribution in [2.75, 3.05) is 11.1 Å². The first kappa shape index (κ1) is 19.0. The van der Waals surface area contributed by atoms with Crippen molar-refractivity contribution in [1.82, 2.24) is 14.5 Å². The number of nitrogens with one attached hydrogen (secondary N) is 1. The Morgan fingerprint density at radius 3 is 2.86 bits per heavy atom. The molecule has 0 unspecified atom stereocenters. The molecule has 3 aromatic heterocycles. The summed E-state index contributed by atoms with van der Waals surface area (Å²) in [5, 5.41) is 4.25. The number of thiophene rings is 1. The Morgan fingerprint density at radius 1 is 1.29 bits per heavy atom. The van der Waals surface area contributed by atoms with Gasteiger partial charge < -0.3 is 5.32 Å². The van der Waals surface area contributed by atoms with Crippen LogP contribution in [0.1, 0.15) is 10.4 Å². The third-order valence-corrected chi connectivity index (χ3v) is 7.36. The molecular weight excluding hydrogens is 419 g/mol. The van der Waals surface area contributed by atoms with Crippen LogP contribution in [0.15, 0.2) is 28.2 Å². The highest BCUT2D eigenvalue weighted by atomic mass is 32.2. The zero-order valence-electron chi connectivity index (χ0n) is 15.2. The standard InChI is InChI=1S/C18H15FN4O2S3/c1-8-9(2)27-15-14(8)16(25)23(3)18(22-15)26-7-13(24)21-17-20-11-5-4-10(19)6-12(11)28-17/h4-6H,7H2,1-3H3,(H,20,21,24). The SMILES string of the molecule is Cc1sc2nc(SCC(=O)Nc3nc4ccc(F)cc4s3)n(C)c(=O)c2c1C. The Kier molecular flexibility index (Phi) is 4.94. The Balaban J connectivity index is 1.51. The molecule has 0 spiro atoms. The van der Waals surface area contributed by atoms with Gasteiger partial charge in [-0.05, 0) is 37.6 Å². The number of halogens is 1. The van der Waals surface area contributed by atoms with Crippen LogP contribution in [0, 0.1) is 19.7 Å². The molecule has 4 rings (SSSR count). The number of anilines is 1. The third kappa shape index (κ3) is 3.43. The fourth-order valence-corrected chi connectivity index (χ4v) is 5.47. The summed E-state index contributed by atoms with van der Waals surface area (Å²) in [6, 6.07) is 4.29. The Bertz CT molecular complexity index is 1290. The summed E-state index contributed by atoms with van der Waals surface area (Å²) in [7, 11) is 1.66. The lowest BCUT2D eigenvalue weighted by Gasteiger charge is -2.07. The Labute approximate surface area is 171 Å². The fourth-order valence-electron chi connectivity index (χ4n) is 2.72. The lowest BCUT2D eigenvalue weighted by Crippen LogP contribution is -2.21. The van der Waals surface area contributed by atoms with Gasteiger partial charge in [0.2, 0.25) is 5.91 Å². The Hall–Kier alpha value is -2.30. The van der Waals surface area contributed by atoms with E-state index < -0.39 is 0 Å². The largest absolute Gasteiger partial charge is 0.301 e. The average Bonchev–Trinajstić information content (AvgIpc) is 3.16. The van der Waals surface area contributed by atoms with Crippen molar-refractivity contribution in [3.63, 3.8) is 0 Å². The van der Waals surface area contributed by atoms with Crippen LogP contribution in [0.3, 0.4) is 0 Å². The van der Waals surface area contributed by atoms with Crippen molar-refractivity contribution in [2.45, 2.75) is 19.0 Å². The molecule has 3 heterocycles. The highest BCUT2D eigenvalue weighted by molar-refractivity contribution is 7.99. The van der Waals surface area contributed by atoms with E-state index in [9.17, 15) is 14.0 Å². The Morgan fingerprint density at radius 2 is 2.07 bits per heavy atom. The minimum atomic E-state index is -0.342. The van der Waals surface area contributed by atoms with Gasteiger partial charge in [-0.25, -0.2) is 14.4 Å². The van der Waals surface area contributed by atoms with E-state index in [2.05, 4.69) is 15.3 Å². The highest BCUT2D eigenvalue weighted by Gasteiger charge is 2.16. The predicted octanol–water partition coefficient (Wildman–Crippen LogP) is 4.09. The van der Waals surface area contributed by atoms with Gasteiger partial charge in [0.05, 0.1) is 21.4 Å². The average molecular weight is 435 g/mol. The fraction of sp³-hybridized carbons (Fsp3) is 0.222. The quantitative estimate of drug-likeness (QED) is 0.387. The number of hydrogen-bond donors (Lipinski definition) is 1. The van der Waals surface area contributed by atoms with Crippen molar-refractivity contribution in [1.29, 1.82) is 0 Å². The smallest absolute Gasteiger partial charge is 0.262 e. The molecule has 10 heteroatoms. The first-order chi connectivity index (χ1) is 13.3. The molecule has 6 nitrogen and oxygen atoms in total. The molecule has 144 valence electrons. The lowest BCUT2D eigenvalue weighted by atomic mass is 10.2. The molecule has 28 heavy (non-hydrogen) atoms. The number of carbonyl (C=O) groups is 1. The number of thioether (sulfide) groups is 1. The van der Waals surface area contributed by atoms with Crippen molar-refractivity contribution >= 4 is 65.9 Å². The molecule has 0 aliphatic carbocycles. The molecule has 1 amide bonds. The molecule has 0 bridgehead atoms. The van der Waals surface area contributed by atoms with E-state index in [1.165, 1.54) is 51.1 Å². The number of thiazole rings is 1. The molecule has 0 saturated heterocycles. The van der Waals surface area contributed by atoms with Crippen LogP contribution in [0.25, 0.3) is 20.4 Å². The monoisotopic (exact) mass is 434 g/mol. The third-order valence-electron chi connectivity index (χ3n) is 4.30. The number of carbonyl (C=O) groups excluding carboxylic acids is 1. The van der Waals surface area contributed by atoms with E-state index in [-0.39, 0.29) is 23.0 Å². The normalized spacial score (nSPS) is 11.4. The molecule has 0 fully saturated rings. The van der Waals surface area contributed by atoms with Crippen molar-refractivity contribution in [2.24, 2.45) is 7.05 Å². The summed E-state index contributed by atoms with van der Waals surface area (Å²) in [5.74, 6) is -0.525. The van der Waals surface area contributed by atoms with Gasteiger partial charge in [0.15, 0.2) is 10.3 Å². The van der Waals surface area contributed by atoms with Crippen molar-refractivity contribution in [3.8, 4) is 0 Å². The van der Waals surface area contributed by atoms with Crippen LogP contribution in [0.2, 0.25) is 0 Å². The number of benzene rings is 1. The molecule has 0 atom stereocenters. The predicted molar refractivity (Wildman–Crippen MR) is 113 cm³/mol. The number of aromatic nitrogens is 3. The number of hydrogen-bond acceptors (Lipinski definition) is 7. The van der Waals surface area contributed by atoms with Gasteiger partial charge in [0.1, 0.15) is 10.6 Å². The summed E-state index contributed by atoms with van der Waals surface area (Å²) in [6.45, 7) is 3.88. The molecule has 0 aliphatic heterocycles. The second-order valence-electron chi connectivity index (χ2n) is 6.19. The molecule has 1 aromatic carbocycles. The zero-order chi connectivity index (χ0) is 20.0. The van der Waals surface area contributed by atoms with E-state index >= 15 is 0 Å². The summed E-state index contributed by atoms with van der Waals surface area (Å²) in [5.41, 5.74) is 1.48. The number of amides is 1. The van der Waals surface area contributed by atoms with Gasteiger partial charge in [-0.2, -0.15) is 0 Å². The first-order valence-corrected chi connectivity index (χ1v) is 10.9. The zero-order valence-corrected chi connectivity index (χ0v) is 17.6. The highest BCUT2D eigenvalue weighted by Crippen LogP contribution is 2.29. The number of fused-ring (bicyclic) bond motifs is 2. The molecule has 0 radical (unpaired) electrons. The summed E-state index contributed by atoms with van der Waals surface area (Å²) >= 11 is 3.88. The molecule has 0 aliphatic rings. The van der Waals surface area contributed by atoms with Gasteiger partial charge in [-0.15, -0.1) is 11.3 Å². The molecule has 4 aromatic rings. The number of rotatable bonds is 4. The van der Waals surface area contributed by atoms with Crippen LogP contribution in [0.5, 0.6) is 0 Å². The van der Waals surface area contributed by atoms with Crippen LogP contribution in [-0.4, -0.2) is 26.2 Å². The van der Waals surface area contributed by atoms with Crippen molar-refractivity contribution in [3.05, 3.63) is 44.8 Å². The number of nitrogens with zero attached hydrogens (tertiary/aromatic N) is 3. The maximum atomic E-state index is 13.3. The number of aryl methyl sites for hydroxylation is 2. The van der Waals surface area contributed by atoms with Crippen LogP contribution in [0.4, 0.5) is 9.52 Å². The van der Waals surface area contributed by atoms with Crippen molar-refractivity contribution < 1.29 is 9.18 Å².